The largest absolute Gasteiger partial charge is 0.481 e. The number of aliphatic carboxylic acids is 1. The summed E-state index contributed by atoms with van der Waals surface area (Å²) in [6.45, 7) is 1.43. The molecule has 0 aliphatic heterocycles. The summed E-state index contributed by atoms with van der Waals surface area (Å²) in [5.41, 5.74) is 0. The van der Waals surface area contributed by atoms with Crippen molar-refractivity contribution in [2.75, 3.05) is 0 Å². The Kier molecular flexibility index (Phi) is 2.57. The van der Waals surface area contributed by atoms with E-state index in [1.54, 1.807) is 0 Å². The first-order valence-electron chi connectivity index (χ1n) is 2.01. The van der Waals surface area contributed by atoms with E-state index in [4.69, 9.17) is 28.3 Å². The fourth-order valence-corrected chi connectivity index (χ4v) is 0.494. The average Bonchev–Trinajstić information content (AvgIpc) is 1.21. The number of carboxylic acids is 1. The minimum Gasteiger partial charge on any atom is -0.481 e. The highest BCUT2D eigenvalue weighted by molar-refractivity contribution is 6.48. The zero-order chi connectivity index (χ0) is 6.78. The van der Waals surface area contributed by atoms with Crippen LogP contribution in [0, 0.1) is 0 Å². The van der Waals surface area contributed by atoms with Crippen LogP contribution in [0.5, 0.6) is 0 Å². The van der Waals surface area contributed by atoms with Crippen molar-refractivity contribution in [3.63, 3.8) is 0 Å². The van der Waals surface area contributed by atoms with Gasteiger partial charge < -0.3 is 5.11 Å². The van der Waals surface area contributed by atoms with Crippen molar-refractivity contribution in [3.8, 4) is 0 Å². The second kappa shape index (κ2) is 2.55. The van der Waals surface area contributed by atoms with E-state index in [-0.39, 0.29) is 6.42 Å². The topological polar surface area (TPSA) is 37.3 Å². The first-order chi connectivity index (χ1) is 3.42. The standard InChI is InChI=1S/C4H6Cl2O2/c1-4(5,6)2-3(7)8/h2H2,1H3,(H,7,8). The number of hydrogen-bond acceptors (Lipinski definition) is 1. The molecular formula is C4H6Cl2O2. The van der Waals surface area contributed by atoms with Gasteiger partial charge in [-0.05, 0) is 6.92 Å². The van der Waals surface area contributed by atoms with Crippen LogP contribution in [0.25, 0.3) is 0 Å². The Bertz CT molecular complexity index is 94.7. The number of halogens is 2. The summed E-state index contributed by atoms with van der Waals surface area (Å²) in [6, 6.07) is 0. The third-order valence-corrected chi connectivity index (χ3v) is 0.729. The lowest BCUT2D eigenvalue weighted by Gasteiger charge is -2.07. The van der Waals surface area contributed by atoms with E-state index < -0.39 is 10.3 Å². The highest BCUT2D eigenvalue weighted by Gasteiger charge is 2.19. The van der Waals surface area contributed by atoms with Crippen LogP contribution in [-0.2, 0) is 4.79 Å². The molecule has 48 valence electrons. The van der Waals surface area contributed by atoms with Crippen LogP contribution in [-0.4, -0.2) is 15.4 Å². The maximum Gasteiger partial charge on any atom is 0.306 e. The normalized spacial score (nSPS) is 11.4. The van der Waals surface area contributed by atoms with Gasteiger partial charge in [0.15, 0.2) is 0 Å². The Morgan fingerprint density at radius 2 is 2.12 bits per heavy atom. The maximum absolute atomic E-state index is 9.85. The van der Waals surface area contributed by atoms with E-state index in [1.807, 2.05) is 0 Å². The SMILES string of the molecule is CC(Cl)(Cl)CC(=O)O. The van der Waals surface area contributed by atoms with Crippen LogP contribution in [0.1, 0.15) is 13.3 Å². The molecule has 0 aromatic carbocycles. The van der Waals surface area contributed by atoms with Crippen molar-refractivity contribution < 1.29 is 9.90 Å². The molecule has 0 radical (unpaired) electrons. The van der Waals surface area contributed by atoms with Gasteiger partial charge in [-0.15, -0.1) is 23.2 Å². The van der Waals surface area contributed by atoms with Crippen LogP contribution in [0.3, 0.4) is 0 Å². The minimum atomic E-state index is -1.13. The van der Waals surface area contributed by atoms with Gasteiger partial charge in [0.2, 0.25) is 0 Å². The van der Waals surface area contributed by atoms with Gasteiger partial charge in [0.1, 0.15) is 4.33 Å². The van der Waals surface area contributed by atoms with Crippen molar-refractivity contribution >= 4 is 29.2 Å². The first-order valence-corrected chi connectivity index (χ1v) is 2.77. The molecule has 0 fully saturated rings. The van der Waals surface area contributed by atoms with E-state index >= 15 is 0 Å². The van der Waals surface area contributed by atoms with E-state index in [0.29, 0.717) is 0 Å². The quantitative estimate of drug-likeness (QED) is 0.618. The third kappa shape index (κ3) is 6.05. The molecule has 0 rings (SSSR count). The second-order valence-corrected chi connectivity index (χ2v) is 3.50. The van der Waals surface area contributed by atoms with Gasteiger partial charge in [-0.25, -0.2) is 0 Å². The molecule has 0 saturated heterocycles. The summed E-state index contributed by atoms with van der Waals surface area (Å²) in [5.74, 6) is -0.988. The Balaban J connectivity index is 3.55. The zero-order valence-corrected chi connectivity index (χ0v) is 5.83. The van der Waals surface area contributed by atoms with Crippen LogP contribution in [0.2, 0.25) is 0 Å². The lowest BCUT2D eigenvalue weighted by molar-refractivity contribution is -0.137. The fourth-order valence-electron chi connectivity index (χ4n) is 0.266. The maximum atomic E-state index is 9.85. The molecule has 0 aliphatic rings. The molecule has 4 heteroatoms. The summed E-state index contributed by atoms with van der Waals surface area (Å²) in [4.78, 5) is 9.85. The van der Waals surface area contributed by atoms with E-state index in [0.717, 1.165) is 0 Å². The number of alkyl halides is 2. The zero-order valence-electron chi connectivity index (χ0n) is 4.32. The highest BCUT2D eigenvalue weighted by atomic mass is 35.5. The van der Waals surface area contributed by atoms with Crippen LogP contribution < -0.4 is 0 Å². The molecule has 0 aromatic heterocycles. The van der Waals surface area contributed by atoms with E-state index in [2.05, 4.69) is 0 Å². The first kappa shape index (κ1) is 8.05. The van der Waals surface area contributed by atoms with Gasteiger partial charge in [-0.2, -0.15) is 0 Å². The van der Waals surface area contributed by atoms with Crippen molar-refractivity contribution in [3.05, 3.63) is 0 Å². The fraction of sp³-hybridized carbons (Fsp3) is 0.750. The molecule has 0 unspecified atom stereocenters. The smallest absolute Gasteiger partial charge is 0.306 e. The summed E-state index contributed by atoms with van der Waals surface area (Å²) in [6.07, 6.45) is -0.226. The monoisotopic (exact) mass is 156 g/mol. The molecule has 0 bridgehead atoms. The Morgan fingerprint density at radius 1 is 1.75 bits per heavy atom. The molecule has 0 saturated carbocycles. The van der Waals surface area contributed by atoms with Crippen molar-refractivity contribution in [2.24, 2.45) is 0 Å². The molecule has 2 nitrogen and oxygen atoms in total. The van der Waals surface area contributed by atoms with Gasteiger partial charge in [0, 0.05) is 0 Å². The Hall–Kier alpha value is 0.0500. The van der Waals surface area contributed by atoms with Crippen LogP contribution >= 0.6 is 23.2 Å². The predicted octanol–water partition coefficient (Wildman–Crippen LogP) is 1.65. The summed E-state index contributed by atoms with van der Waals surface area (Å²) in [5, 5.41) is 8.08. The molecular weight excluding hydrogens is 151 g/mol. The van der Waals surface area contributed by atoms with Crippen molar-refractivity contribution in [1.82, 2.24) is 0 Å². The molecule has 0 amide bonds. The molecule has 0 heterocycles. The van der Waals surface area contributed by atoms with Gasteiger partial charge in [0.25, 0.3) is 0 Å². The van der Waals surface area contributed by atoms with Crippen molar-refractivity contribution in [1.29, 1.82) is 0 Å². The van der Waals surface area contributed by atoms with Gasteiger partial charge in [-0.1, -0.05) is 0 Å². The highest BCUT2D eigenvalue weighted by Crippen LogP contribution is 2.23. The lowest BCUT2D eigenvalue weighted by atomic mass is 10.3. The summed E-state index contributed by atoms with van der Waals surface area (Å²) < 4.78 is -1.13. The summed E-state index contributed by atoms with van der Waals surface area (Å²) >= 11 is 10.6. The summed E-state index contributed by atoms with van der Waals surface area (Å²) in [7, 11) is 0. The second-order valence-electron chi connectivity index (χ2n) is 1.64. The number of rotatable bonds is 2. The van der Waals surface area contributed by atoms with Crippen molar-refractivity contribution in [2.45, 2.75) is 17.7 Å². The van der Waals surface area contributed by atoms with Gasteiger partial charge in [-0.3, -0.25) is 4.79 Å². The molecule has 1 N–H and O–H groups in total. The van der Waals surface area contributed by atoms with Gasteiger partial charge >= 0.3 is 5.97 Å². The van der Waals surface area contributed by atoms with Gasteiger partial charge in [0.05, 0.1) is 6.42 Å². The number of carbonyl (C=O) groups is 1. The Morgan fingerprint density at radius 3 is 2.12 bits per heavy atom. The van der Waals surface area contributed by atoms with E-state index in [9.17, 15) is 4.79 Å². The molecule has 0 aliphatic carbocycles. The third-order valence-electron chi connectivity index (χ3n) is 0.462. The molecule has 0 spiro atoms. The number of carboxylic acid groups (broad SMARTS) is 1. The minimum absolute atomic E-state index is 0.226. The van der Waals surface area contributed by atoms with E-state index in [1.165, 1.54) is 6.92 Å². The molecule has 8 heavy (non-hydrogen) atoms. The van der Waals surface area contributed by atoms with Crippen LogP contribution in [0.4, 0.5) is 0 Å². The van der Waals surface area contributed by atoms with Crippen LogP contribution in [0.15, 0.2) is 0 Å². The lowest BCUT2D eigenvalue weighted by Crippen LogP contribution is -2.12. The molecule has 0 atom stereocenters. The number of hydrogen-bond donors (Lipinski definition) is 1. The Labute approximate surface area is 57.4 Å². The average molecular weight is 157 g/mol. The predicted molar refractivity (Wildman–Crippen MR) is 32.4 cm³/mol. The molecule has 0 aromatic rings.